The maximum absolute atomic E-state index is 2.18. The molecule has 0 aliphatic heterocycles. The van der Waals surface area contributed by atoms with Gasteiger partial charge in [0.25, 0.3) is 0 Å². The standard InChI is InChI=1S/C6H12.C4H8/c1-3-5-6-4-2;1-3-4-2/h3,5H,4,6H2,1-2H3;3-4H,1-2H3/b5-3+;4-3+. The van der Waals surface area contributed by atoms with Crippen LogP contribution in [0.3, 0.4) is 0 Å². The van der Waals surface area contributed by atoms with Gasteiger partial charge in [-0.25, -0.2) is 0 Å². The molecule has 0 heterocycles. The van der Waals surface area contributed by atoms with Crippen molar-refractivity contribution in [3.63, 3.8) is 0 Å². The van der Waals surface area contributed by atoms with Crippen molar-refractivity contribution >= 4 is 0 Å². The Hall–Kier alpha value is -0.520. The number of hydrogen-bond donors (Lipinski definition) is 0. The molecule has 0 saturated carbocycles. The Labute approximate surface area is 65.7 Å². The van der Waals surface area contributed by atoms with Crippen molar-refractivity contribution in [2.24, 2.45) is 0 Å². The first-order valence-electron chi connectivity index (χ1n) is 4.01. The van der Waals surface area contributed by atoms with E-state index >= 15 is 0 Å². The molecule has 0 aliphatic rings. The Morgan fingerprint density at radius 2 is 1.40 bits per heavy atom. The highest BCUT2D eigenvalue weighted by Crippen LogP contribution is 1.85. The van der Waals surface area contributed by atoms with Crippen molar-refractivity contribution in [3.05, 3.63) is 24.3 Å². The van der Waals surface area contributed by atoms with Gasteiger partial charge in [-0.05, 0) is 27.2 Å². The molecule has 0 atom stereocenters. The first-order chi connectivity index (χ1) is 4.83. The van der Waals surface area contributed by atoms with E-state index in [9.17, 15) is 0 Å². The summed E-state index contributed by atoms with van der Waals surface area (Å²) in [5.41, 5.74) is 0. The quantitative estimate of drug-likeness (QED) is 0.509. The lowest BCUT2D eigenvalue weighted by Crippen LogP contribution is -1.55. The summed E-state index contributed by atoms with van der Waals surface area (Å²) in [7, 11) is 0. The highest BCUT2D eigenvalue weighted by molar-refractivity contribution is 4.75. The van der Waals surface area contributed by atoms with Crippen LogP contribution < -0.4 is 0 Å². The van der Waals surface area contributed by atoms with Crippen LogP contribution in [0.4, 0.5) is 0 Å². The van der Waals surface area contributed by atoms with Gasteiger partial charge >= 0.3 is 0 Å². The molecule has 0 aromatic rings. The number of hydrogen-bond acceptors (Lipinski definition) is 0. The molecule has 0 radical (unpaired) electrons. The largest absolute Gasteiger partial charge is 0.0919 e. The number of unbranched alkanes of at least 4 members (excludes halogenated alkanes) is 1. The van der Waals surface area contributed by atoms with Gasteiger partial charge in [0.15, 0.2) is 0 Å². The Bertz CT molecular complexity index is 74.0. The Kier molecular flexibility index (Phi) is 19.3. The van der Waals surface area contributed by atoms with E-state index in [1.54, 1.807) is 0 Å². The van der Waals surface area contributed by atoms with Crippen LogP contribution >= 0.6 is 0 Å². The van der Waals surface area contributed by atoms with Gasteiger partial charge < -0.3 is 0 Å². The Balaban J connectivity index is 0. The van der Waals surface area contributed by atoms with E-state index in [2.05, 4.69) is 26.0 Å². The molecular formula is C10H20. The van der Waals surface area contributed by atoms with Gasteiger partial charge in [0.05, 0.1) is 0 Å². The fourth-order valence-electron chi connectivity index (χ4n) is 0.333. The molecule has 0 aliphatic carbocycles. The normalized spacial score (nSPS) is 10.0. The maximum Gasteiger partial charge on any atom is -0.0353 e. The van der Waals surface area contributed by atoms with E-state index in [4.69, 9.17) is 0 Å². The van der Waals surface area contributed by atoms with E-state index in [1.165, 1.54) is 12.8 Å². The second-order valence-electron chi connectivity index (χ2n) is 2.02. The minimum Gasteiger partial charge on any atom is -0.0919 e. The maximum atomic E-state index is 2.18. The summed E-state index contributed by atoms with van der Waals surface area (Å²) in [5, 5.41) is 0. The third-order valence-corrected chi connectivity index (χ3v) is 1.02. The fraction of sp³-hybridized carbons (Fsp3) is 0.600. The summed E-state index contributed by atoms with van der Waals surface area (Å²) < 4.78 is 0. The lowest BCUT2D eigenvalue weighted by molar-refractivity contribution is 0.957. The third-order valence-electron chi connectivity index (χ3n) is 1.02. The summed E-state index contributed by atoms with van der Waals surface area (Å²) in [5.74, 6) is 0. The molecule has 0 rings (SSSR count). The molecule has 0 N–H and O–H groups in total. The summed E-state index contributed by atoms with van der Waals surface area (Å²) in [4.78, 5) is 0. The predicted octanol–water partition coefficient (Wildman–Crippen LogP) is 3.95. The molecule has 0 bridgehead atoms. The van der Waals surface area contributed by atoms with Crippen LogP contribution in [-0.4, -0.2) is 0 Å². The lowest BCUT2D eigenvalue weighted by atomic mass is 10.3. The zero-order valence-electron chi connectivity index (χ0n) is 7.72. The summed E-state index contributed by atoms with van der Waals surface area (Å²) >= 11 is 0. The highest BCUT2D eigenvalue weighted by Gasteiger charge is 1.64. The lowest BCUT2D eigenvalue weighted by Gasteiger charge is -1.76. The topological polar surface area (TPSA) is 0 Å². The van der Waals surface area contributed by atoms with Gasteiger partial charge in [0.2, 0.25) is 0 Å². The minimum absolute atomic E-state index is 1.23. The van der Waals surface area contributed by atoms with Crippen LogP contribution in [0.2, 0.25) is 0 Å². The highest BCUT2D eigenvalue weighted by atomic mass is 13.7. The van der Waals surface area contributed by atoms with Crippen LogP contribution in [0.5, 0.6) is 0 Å². The van der Waals surface area contributed by atoms with Crippen molar-refractivity contribution in [1.82, 2.24) is 0 Å². The van der Waals surface area contributed by atoms with Crippen LogP contribution in [0.15, 0.2) is 24.3 Å². The molecule has 0 saturated heterocycles. The zero-order valence-corrected chi connectivity index (χ0v) is 7.72. The first-order valence-corrected chi connectivity index (χ1v) is 4.01. The van der Waals surface area contributed by atoms with Crippen molar-refractivity contribution in [3.8, 4) is 0 Å². The summed E-state index contributed by atoms with van der Waals surface area (Å²) in [6.45, 7) is 8.23. The smallest absolute Gasteiger partial charge is 0.0353 e. The van der Waals surface area contributed by atoms with Gasteiger partial charge in [-0.1, -0.05) is 37.6 Å². The molecule has 0 spiro atoms. The molecular weight excluding hydrogens is 120 g/mol. The first kappa shape index (κ1) is 12.2. The van der Waals surface area contributed by atoms with Gasteiger partial charge in [-0.15, -0.1) is 0 Å². The molecule has 0 unspecified atom stereocenters. The third kappa shape index (κ3) is 25.9. The van der Waals surface area contributed by atoms with Gasteiger partial charge in [-0.2, -0.15) is 0 Å². The molecule has 0 aromatic carbocycles. The van der Waals surface area contributed by atoms with Gasteiger partial charge in [-0.3, -0.25) is 0 Å². The summed E-state index contributed by atoms with van der Waals surface area (Å²) in [6.07, 6.45) is 10.8. The van der Waals surface area contributed by atoms with E-state index in [-0.39, 0.29) is 0 Å². The van der Waals surface area contributed by atoms with Crippen molar-refractivity contribution in [2.75, 3.05) is 0 Å². The molecule has 60 valence electrons. The second-order valence-corrected chi connectivity index (χ2v) is 2.02. The zero-order chi connectivity index (χ0) is 8.24. The Morgan fingerprint density at radius 1 is 0.900 bits per heavy atom. The Morgan fingerprint density at radius 3 is 1.50 bits per heavy atom. The monoisotopic (exact) mass is 140 g/mol. The van der Waals surface area contributed by atoms with Crippen LogP contribution in [0.25, 0.3) is 0 Å². The van der Waals surface area contributed by atoms with Crippen LogP contribution in [-0.2, 0) is 0 Å². The van der Waals surface area contributed by atoms with E-state index < -0.39 is 0 Å². The fourth-order valence-corrected chi connectivity index (χ4v) is 0.333. The molecule has 0 fully saturated rings. The minimum atomic E-state index is 1.23. The molecule has 0 amide bonds. The summed E-state index contributed by atoms with van der Waals surface area (Å²) in [6, 6.07) is 0. The van der Waals surface area contributed by atoms with Crippen molar-refractivity contribution in [2.45, 2.75) is 40.5 Å². The molecule has 0 nitrogen and oxygen atoms in total. The van der Waals surface area contributed by atoms with E-state index in [1.807, 2.05) is 26.0 Å². The van der Waals surface area contributed by atoms with Crippen LogP contribution in [0.1, 0.15) is 40.5 Å². The second kappa shape index (κ2) is 15.8. The average Bonchev–Trinajstić information content (AvgIpc) is 2.01. The van der Waals surface area contributed by atoms with E-state index in [0.29, 0.717) is 0 Å². The molecule has 0 heteroatoms. The van der Waals surface area contributed by atoms with Crippen molar-refractivity contribution < 1.29 is 0 Å². The van der Waals surface area contributed by atoms with Crippen molar-refractivity contribution in [1.29, 1.82) is 0 Å². The average molecular weight is 140 g/mol. The molecule has 10 heavy (non-hydrogen) atoms. The number of rotatable bonds is 2. The SMILES string of the molecule is C/C=C/C.C/C=C/CCC. The number of allylic oxidation sites excluding steroid dienone is 4. The molecule has 0 aromatic heterocycles. The van der Waals surface area contributed by atoms with E-state index in [0.717, 1.165) is 0 Å². The van der Waals surface area contributed by atoms with Crippen LogP contribution in [0, 0.1) is 0 Å². The van der Waals surface area contributed by atoms with Gasteiger partial charge in [0, 0.05) is 0 Å². The van der Waals surface area contributed by atoms with Gasteiger partial charge in [0.1, 0.15) is 0 Å². The predicted molar refractivity (Wildman–Crippen MR) is 50.2 cm³/mol.